The minimum atomic E-state index is 0.894. The predicted octanol–water partition coefficient (Wildman–Crippen LogP) is 3.89. The van der Waals surface area contributed by atoms with Crippen molar-refractivity contribution in [1.29, 1.82) is 0 Å². The van der Waals surface area contributed by atoms with E-state index in [1.54, 1.807) is 0 Å². The highest BCUT2D eigenvalue weighted by Crippen LogP contribution is 2.22. The van der Waals surface area contributed by atoms with Crippen molar-refractivity contribution in [2.75, 3.05) is 11.9 Å². The number of nitrogens with zero attached hydrogens (tertiary/aromatic N) is 1. The van der Waals surface area contributed by atoms with Crippen LogP contribution in [0.1, 0.15) is 5.69 Å². The van der Waals surface area contributed by atoms with E-state index in [1.807, 2.05) is 18.3 Å². The van der Waals surface area contributed by atoms with Gasteiger partial charge in [-0.05, 0) is 23.6 Å². The molecule has 0 aliphatic rings. The quantitative estimate of drug-likeness (QED) is 0.757. The maximum absolute atomic E-state index is 4.33. The molecule has 94 valence electrons. The summed E-state index contributed by atoms with van der Waals surface area (Å²) in [6, 6.07) is 20.8. The van der Waals surface area contributed by atoms with Crippen LogP contribution < -0.4 is 5.32 Å². The van der Waals surface area contributed by atoms with Crippen molar-refractivity contribution in [3.63, 3.8) is 0 Å². The molecule has 2 nitrogen and oxygen atoms in total. The SMILES string of the molecule is c1ccc(CCNc2cccc3ccccc23)nc1. The highest BCUT2D eigenvalue weighted by molar-refractivity contribution is 5.93. The van der Waals surface area contributed by atoms with E-state index in [9.17, 15) is 0 Å². The number of fused-ring (bicyclic) bond motifs is 1. The van der Waals surface area contributed by atoms with Crippen LogP contribution in [0.25, 0.3) is 10.8 Å². The summed E-state index contributed by atoms with van der Waals surface area (Å²) in [7, 11) is 0. The Morgan fingerprint density at radius 1 is 0.842 bits per heavy atom. The fourth-order valence-electron chi connectivity index (χ4n) is 2.25. The first-order valence-electron chi connectivity index (χ1n) is 6.55. The van der Waals surface area contributed by atoms with Gasteiger partial charge in [0.15, 0.2) is 0 Å². The Morgan fingerprint density at radius 2 is 1.68 bits per heavy atom. The van der Waals surface area contributed by atoms with Crippen molar-refractivity contribution in [2.24, 2.45) is 0 Å². The van der Waals surface area contributed by atoms with Crippen molar-refractivity contribution >= 4 is 16.5 Å². The Hall–Kier alpha value is -2.35. The van der Waals surface area contributed by atoms with E-state index in [0.29, 0.717) is 0 Å². The van der Waals surface area contributed by atoms with Gasteiger partial charge in [0.2, 0.25) is 0 Å². The molecule has 0 spiro atoms. The molecule has 0 saturated heterocycles. The van der Waals surface area contributed by atoms with E-state index in [4.69, 9.17) is 0 Å². The van der Waals surface area contributed by atoms with Crippen LogP contribution in [0.5, 0.6) is 0 Å². The topological polar surface area (TPSA) is 24.9 Å². The van der Waals surface area contributed by atoms with Gasteiger partial charge in [0.1, 0.15) is 0 Å². The van der Waals surface area contributed by atoms with E-state index in [1.165, 1.54) is 16.5 Å². The normalized spacial score (nSPS) is 10.5. The highest BCUT2D eigenvalue weighted by Gasteiger charge is 1.99. The van der Waals surface area contributed by atoms with Crippen molar-refractivity contribution in [3.8, 4) is 0 Å². The van der Waals surface area contributed by atoms with Gasteiger partial charge < -0.3 is 5.32 Å². The lowest BCUT2D eigenvalue weighted by atomic mass is 10.1. The highest BCUT2D eigenvalue weighted by atomic mass is 14.9. The van der Waals surface area contributed by atoms with Crippen molar-refractivity contribution < 1.29 is 0 Å². The first kappa shape index (κ1) is 11.7. The van der Waals surface area contributed by atoms with Crippen LogP contribution in [-0.4, -0.2) is 11.5 Å². The molecule has 0 amide bonds. The van der Waals surface area contributed by atoms with Crippen LogP contribution in [0.4, 0.5) is 5.69 Å². The van der Waals surface area contributed by atoms with Crippen LogP contribution in [0.3, 0.4) is 0 Å². The van der Waals surface area contributed by atoms with Gasteiger partial charge in [0, 0.05) is 35.9 Å². The minimum absolute atomic E-state index is 0.894. The molecule has 3 rings (SSSR count). The summed E-state index contributed by atoms with van der Waals surface area (Å²) in [6.45, 7) is 0.894. The third kappa shape index (κ3) is 2.74. The van der Waals surface area contributed by atoms with Gasteiger partial charge in [-0.25, -0.2) is 0 Å². The van der Waals surface area contributed by atoms with Gasteiger partial charge >= 0.3 is 0 Å². The van der Waals surface area contributed by atoms with Crippen LogP contribution in [0.2, 0.25) is 0 Å². The Kier molecular flexibility index (Phi) is 3.41. The standard InChI is InChI=1S/C17H16N2/c1-2-9-16-14(6-1)7-5-10-17(16)19-13-11-15-8-3-4-12-18-15/h1-10,12,19H,11,13H2. The number of aromatic nitrogens is 1. The van der Waals surface area contributed by atoms with Crippen LogP contribution in [0.15, 0.2) is 66.9 Å². The lowest BCUT2D eigenvalue weighted by Crippen LogP contribution is -2.06. The summed E-state index contributed by atoms with van der Waals surface area (Å²) in [5, 5.41) is 6.03. The molecule has 1 aromatic heterocycles. The van der Waals surface area contributed by atoms with E-state index >= 15 is 0 Å². The second-order valence-corrected chi connectivity index (χ2v) is 4.52. The number of nitrogens with one attached hydrogen (secondary N) is 1. The van der Waals surface area contributed by atoms with Gasteiger partial charge in [-0.2, -0.15) is 0 Å². The molecule has 0 radical (unpaired) electrons. The molecule has 0 bridgehead atoms. The van der Waals surface area contributed by atoms with Gasteiger partial charge in [0.05, 0.1) is 0 Å². The monoisotopic (exact) mass is 248 g/mol. The van der Waals surface area contributed by atoms with Crippen molar-refractivity contribution in [3.05, 3.63) is 72.6 Å². The maximum atomic E-state index is 4.33. The second kappa shape index (κ2) is 5.53. The minimum Gasteiger partial charge on any atom is -0.384 e. The van der Waals surface area contributed by atoms with Gasteiger partial charge in [-0.15, -0.1) is 0 Å². The molecule has 19 heavy (non-hydrogen) atoms. The molecular formula is C17H16N2. The molecule has 2 heteroatoms. The molecule has 2 aromatic carbocycles. The Bertz CT molecular complexity index is 657. The molecule has 3 aromatic rings. The fraction of sp³-hybridized carbons (Fsp3) is 0.118. The Labute approximate surface area is 113 Å². The Morgan fingerprint density at radius 3 is 2.58 bits per heavy atom. The summed E-state index contributed by atoms with van der Waals surface area (Å²) in [4.78, 5) is 4.33. The summed E-state index contributed by atoms with van der Waals surface area (Å²) < 4.78 is 0. The molecule has 0 atom stereocenters. The lowest BCUT2D eigenvalue weighted by molar-refractivity contribution is 0.963. The largest absolute Gasteiger partial charge is 0.384 e. The average molecular weight is 248 g/mol. The summed E-state index contributed by atoms with van der Waals surface area (Å²) in [5.41, 5.74) is 2.31. The number of hydrogen-bond donors (Lipinski definition) is 1. The maximum Gasteiger partial charge on any atom is 0.0421 e. The molecule has 0 saturated carbocycles. The number of rotatable bonds is 4. The van der Waals surface area contributed by atoms with E-state index in [-0.39, 0.29) is 0 Å². The van der Waals surface area contributed by atoms with E-state index in [2.05, 4.69) is 58.8 Å². The van der Waals surface area contributed by atoms with Crippen molar-refractivity contribution in [2.45, 2.75) is 6.42 Å². The smallest absolute Gasteiger partial charge is 0.0421 e. The third-order valence-electron chi connectivity index (χ3n) is 3.21. The zero-order valence-electron chi connectivity index (χ0n) is 10.7. The molecule has 0 aliphatic heterocycles. The number of benzene rings is 2. The zero-order chi connectivity index (χ0) is 12.9. The fourth-order valence-corrected chi connectivity index (χ4v) is 2.25. The molecule has 1 heterocycles. The summed E-state index contributed by atoms with van der Waals surface area (Å²) in [6.07, 6.45) is 2.78. The van der Waals surface area contributed by atoms with E-state index < -0.39 is 0 Å². The summed E-state index contributed by atoms with van der Waals surface area (Å²) in [5.74, 6) is 0. The predicted molar refractivity (Wildman–Crippen MR) is 80.4 cm³/mol. The molecule has 0 unspecified atom stereocenters. The lowest BCUT2D eigenvalue weighted by Gasteiger charge is -2.09. The van der Waals surface area contributed by atoms with Gasteiger partial charge in [0.25, 0.3) is 0 Å². The van der Waals surface area contributed by atoms with Crippen LogP contribution in [0, 0.1) is 0 Å². The van der Waals surface area contributed by atoms with Crippen LogP contribution >= 0.6 is 0 Å². The van der Waals surface area contributed by atoms with Gasteiger partial charge in [-0.3, -0.25) is 4.98 Å². The number of anilines is 1. The summed E-state index contributed by atoms with van der Waals surface area (Å²) >= 11 is 0. The molecular weight excluding hydrogens is 232 g/mol. The third-order valence-corrected chi connectivity index (χ3v) is 3.21. The molecule has 1 N–H and O–H groups in total. The van der Waals surface area contributed by atoms with E-state index in [0.717, 1.165) is 18.7 Å². The second-order valence-electron chi connectivity index (χ2n) is 4.52. The zero-order valence-corrected chi connectivity index (χ0v) is 10.7. The Balaban J connectivity index is 1.72. The molecule has 0 fully saturated rings. The van der Waals surface area contributed by atoms with Gasteiger partial charge in [-0.1, -0.05) is 42.5 Å². The average Bonchev–Trinajstić information content (AvgIpc) is 2.49. The first-order valence-corrected chi connectivity index (χ1v) is 6.55. The van der Waals surface area contributed by atoms with Crippen LogP contribution in [-0.2, 0) is 6.42 Å². The molecule has 0 aliphatic carbocycles. The number of pyridine rings is 1. The first-order chi connectivity index (χ1) is 9.43. The number of hydrogen-bond acceptors (Lipinski definition) is 2. The van der Waals surface area contributed by atoms with Crippen molar-refractivity contribution in [1.82, 2.24) is 4.98 Å².